The minimum absolute atomic E-state index is 0.00601. The van der Waals surface area contributed by atoms with Gasteiger partial charge in [-0.25, -0.2) is 4.79 Å². The molecule has 1 aliphatic carbocycles. The molecule has 1 aromatic rings. The van der Waals surface area contributed by atoms with Gasteiger partial charge in [-0.1, -0.05) is 36.6 Å². The summed E-state index contributed by atoms with van der Waals surface area (Å²) in [6.07, 6.45) is 6.31. The second-order valence-corrected chi connectivity index (χ2v) is 7.91. The van der Waals surface area contributed by atoms with E-state index in [0.717, 1.165) is 31.2 Å². The number of likely N-dealkylation sites (tertiary alicyclic amines) is 1. The van der Waals surface area contributed by atoms with Crippen molar-refractivity contribution in [1.82, 2.24) is 15.5 Å². The largest absolute Gasteiger partial charge is 0.343 e. The number of benzene rings is 1. The van der Waals surface area contributed by atoms with Crippen molar-refractivity contribution < 1.29 is 9.59 Å². The minimum atomic E-state index is -0.122. The fourth-order valence-corrected chi connectivity index (χ4v) is 4.37. The average molecular weight is 378 g/mol. The highest BCUT2D eigenvalue weighted by Crippen LogP contribution is 2.36. The van der Waals surface area contributed by atoms with Gasteiger partial charge < -0.3 is 15.5 Å². The number of rotatable bonds is 4. The molecule has 2 aliphatic rings. The topological polar surface area (TPSA) is 61.4 Å². The number of hydrogen-bond donors (Lipinski definition) is 2. The number of halogens is 1. The van der Waals surface area contributed by atoms with Gasteiger partial charge in [-0.05, 0) is 49.3 Å². The van der Waals surface area contributed by atoms with Crippen LogP contribution in [0.3, 0.4) is 0 Å². The summed E-state index contributed by atoms with van der Waals surface area (Å²) in [5, 5.41) is 6.99. The second-order valence-electron chi connectivity index (χ2n) is 7.48. The number of urea groups is 1. The Labute approximate surface area is 160 Å². The lowest BCUT2D eigenvalue weighted by molar-refractivity contribution is -0.129. The van der Waals surface area contributed by atoms with Crippen molar-refractivity contribution in [1.29, 1.82) is 0 Å². The maximum atomic E-state index is 12.6. The van der Waals surface area contributed by atoms with Crippen LogP contribution in [0.2, 0.25) is 5.02 Å². The molecule has 2 fully saturated rings. The maximum Gasteiger partial charge on any atom is 0.315 e. The summed E-state index contributed by atoms with van der Waals surface area (Å²) in [5.74, 6) is 0.564. The van der Waals surface area contributed by atoms with Gasteiger partial charge in [-0.2, -0.15) is 0 Å². The molecular formula is C20H28ClN3O2. The molecule has 142 valence electrons. The standard InChI is InChI=1S/C20H28ClN3O2/c1-14(25)24-11-9-18(10-12-24)22-20(26)23-19(15-5-2-3-6-15)16-7-4-8-17(21)13-16/h4,7-8,13,15,18-19H,2-3,5-6,9-12H2,1H3,(H2,22,23,26). The van der Waals surface area contributed by atoms with E-state index in [1.807, 2.05) is 29.2 Å². The van der Waals surface area contributed by atoms with Gasteiger partial charge in [-0.3, -0.25) is 4.79 Å². The first kappa shape index (κ1) is 19.0. The third kappa shape index (κ3) is 4.91. The molecule has 3 rings (SSSR count). The first-order chi connectivity index (χ1) is 12.5. The number of carbonyl (C=O) groups excluding carboxylic acids is 2. The van der Waals surface area contributed by atoms with E-state index in [1.165, 1.54) is 12.8 Å². The van der Waals surface area contributed by atoms with Gasteiger partial charge in [0.2, 0.25) is 5.91 Å². The molecule has 1 heterocycles. The van der Waals surface area contributed by atoms with Crippen LogP contribution in [0.4, 0.5) is 4.79 Å². The molecule has 1 aromatic carbocycles. The van der Waals surface area contributed by atoms with E-state index in [2.05, 4.69) is 10.6 Å². The van der Waals surface area contributed by atoms with Crippen LogP contribution >= 0.6 is 11.6 Å². The van der Waals surface area contributed by atoms with Crippen molar-refractivity contribution in [2.75, 3.05) is 13.1 Å². The van der Waals surface area contributed by atoms with Gasteiger partial charge in [0.1, 0.15) is 0 Å². The van der Waals surface area contributed by atoms with Crippen LogP contribution in [-0.2, 0) is 4.79 Å². The molecule has 0 aromatic heterocycles. The molecule has 26 heavy (non-hydrogen) atoms. The molecule has 1 aliphatic heterocycles. The summed E-state index contributed by atoms with van der Waals surface area (Å²) < 4.78 is 0. The van der Waals surface area contributed by atoms with E-state index >= 15 is 0 Å². The van der Waals surface area contributed by atoms with Crippen molar-refractivity contribution in [2.45, 2.75) is 57.5 Å². The highest BCUT2D eigenvalue weighted by molar-refractivity contribution is 6.30. The Morgan fingerprint density at radius 2 is 1.85 bits per heavy atom. The fourth-order valence-electron chi connectivity index (χ4n) is 4.17. The highest BCUT2D eigenvalue weighted by Gasteiger charge is 2.29. The van der Waals surface area contributed by atoms with Crippen molar-refractivity contribution in [2.24, 2.45) is 5.92 Å². The van der Waals surface area contributed by atoms with E-state index in [-0.39, 0.29) is 24.0 Å². The molecule has 0 radical (unpaired) electrons. The lowest BCUT2D eigenvalue weighted by Crippen LogP contribution is -2.49. The number of amides is 3. The van der Waals surface area contributed by atoms with Crippen LogP contribution < -0.4 is 10.6 Å². The molecule has 3 amide bonds. The molecule has 1 unspecified atom stereocenters. The normalized spacial score (nSPS) is 20.0. The van der Waals surface area contributed by atoms with Crippen LogP contribution in [-0.4, -0.2) is 36.0 Å². The number of carbonyl (C=O) groups is 2. The zero-order chi connectivity index (χ0) is 18.5. The number of nitrogens with one attached hydrogen (secondary N) is 2. The van der Waals surface area contributed by atoms with E-state index in [4.69, 9.17) is 11.6 Å². The summed E-state index contributed by atoms with van der Waals surface area (Å²) in [6.45, 7) is 3.01. The Bertz CT molecular complexity index is 638. The van der Waals surface area contributed by atoms with Crippen LogP contribution in [0.5, 0.6) is 0 Å². The van der Waals surface area contributed by atoms with E-state index in [0.29, 0.717) is 24.0 Å². The maximum absolute atomic E-state index is 12.6. The van der Waals surface area contributed by atoms with E-state index < -0.39 is 0 Å². The molecule has 5 nitrogen and oxygen atoms in total. The Hall–Kier alpha value is -1.75. The zero-order valence-corrected chi connectivity index (χ0v) is 16.1. The van der Waals surface area contributed by atoms with E-state index in [9.17, 15) is 9.59 Å². The summed E-state index contributed by atoms with van der Waals surface area (Å²) in [7, 11) is 0. The summed E-state index contributed by atoms with van der Waals surface area (Å²) in [6, 6.07) is 7.79. The summed E-state index contributed by atoms with van der Waals surface area (Å²) in [5.41, 5.74) is 1.07. The molecule has 1 saturated carbocycles. The molecular weight excluding hydrogens is 350 g/mol. The Morgan fingerprint density at radius 3 is 2.46 bits per heavy atom. The van der Waals surface area contributed by atoms with Crippen LogP contribution in [0.25, 0.3) is 0 Å². The van der Waals surface area contributed by atoms with E-state index in [1.54, 1.807) is 6.92 Å². The van der Waals surface area contributed by atoms with Crippen LogP contribution in [0.1, 0.15) is 57.1 Å². The minimum Gasteiger partial charge on any atom is -0.343 e. The summed E-state index contributed by atoms with van der Waals surface area (Å²) >= 11 is 6.17. The number of nitrogens with zero attached hydrogens (tertiary/aromatic N) is 1. The van der Waals surface area contributed by atoms with Crippen molar-refractivity contribution in [3.05, 3.63) is 34.9 Å². The monoisotopic (exact) mass is 377 g/mol. The third-order valence-electron chi connectivity index (χ3n) is 5.64. The Kier molecular flexibility index (Phi) is 6.41. The van der Waals surface area contributed by atoms with Gasteiger partial charge in [0.05, 0.1) is 6.04 Å². The lowest BCUT2D eigenvalue weighted by Gasteiger charge is -2.32. The van der Waals surface area contributed by atoms with Crippen molar-refractivity contribution in [3.8, 4) is 0 Å². The van der Waals surface area contributed by atoms with Gasteiger partial charge in [0, 0.05) is 31.1 Å². The van der Waals surface area contributed by atoms with Crippen molar-refractivity contribution in [3.63, 3.8) is 0 Å². The third-order valence-corrected chi connectivity index (χ3v) is 5.88. The Balaban J connectivity index is 1.60. The van der Waals surface area contributed by atoms with Gasteiger partial charge in [0.15, 0.2) is 0 Å². The predicted molar refractivity (Wildman–Crippen MR) is 103 cm³/mol. The SMILES string of the molecule is CC(=O)N1CCC(NC(=O)NC(c2cccc(Cl)c2)C2CCCC2)CC1. The smallest absolute Gasteiger partial charge is 0.315 e. The summed E-state index contributed by atoms with van der Waals surface area (Å²) in [4.78, 5) is 25.9. The molecule has 6 heteroatoms. The number of piperidine rings is 1. The van der Waals surface area contributed by atoms with Gasteiger partial charge in [0.25, 0.3) is 0 Å². The second kappa shape index (κ2) is 8.76. The Morgan fingerprint density at radius 1 is 1.15 bits per heavy atom. The molecule has 0 bridgehead atoms. The average Bonchev–Trinajstić information content (AvgIpc) is 3.14. The molecule has 1 atom stereocenters. The first-order valence-corrected chi connectivity index (χ1v) is 9.98. The molecule has 2 N–H and O–H groups in total. The zero-order valence-electron chi connectivity index (χ0n) is 15.3. The molecule has 0 spiro atoms. The first-order valence-electron chi connectivity index (χ1n) is 9.61. The van der Waals surface area contributed by atoms with Crippen LogP contribution in [0.15, 0.2) is 24.3 Å². The highest BCUT2D eigenvalue weighted by atomic mass is 35.5. The van der Waals surface area contributed by atoms with Gasteiger partial charge >= 0.3 is 6.03 Å². The van der Waals surface area contributed by atoms with Crippen LogP contribution in [0, 0.1) is 5.92 Å². The predicted octanol–water partition coefficient (Wildman–Crippen LogP) is 3.88. The van der Waals surface area contributed by atoms with Crippen molar-refractivity contribution >= 4 is 23.5 Å². The lowest BCUT2D eigenvalue weighted by atomic mass is 9.91. The molecule has 1 saturated heterocycles. The quantitative estimate of drug-likeness (QED) is 0.836. The number of hydrogen-bond acceptors (Lipinski definition) is 2. The van der Waals surface area contributed by atoms with Gasteiger partial charge in [-0.15, -0.1) is 0 Å². The fraction of sp³-hybridized carbons (Fsp3) is 0.600.